The number of aromatic nitrogens is 1. The molecule has 0 bridgehead atoms. The molecule has 0 aliphatic carbocycles. The summed E-state index contributed by atoms with van der Waals surface area (Å²) in [6.45, 7) is -0.296. The van der Waals surface area contributed by atoms with Crippen molar-refractivity contribution in [3.05, 3.63) is 48.3 Å². The Morgan fingerprint density at radius 3 is 2.54 bits per heavy atom. The lowest BCUT2D eigenvalue weighted by molar-refractivity contribution is 0.883. The van der Waals surface area contributed by atoms with Crippen LogP contribution in [0.1, 0.15) is 9.81 Å². The molecule has 0 radical (unpaired) electrons. The first-order chi connectivity index (χ1) is 7.48. The maximum Gasteiger partial charge on any atom is 0.0460 e. The second-order valence-corrected chi connectivity index (χ2v) is 3.11. The number of benzene rings is 1. The third kappa shape index (κ3) is 1.50. The highest BCUT2D eigenvalue weighted by molar-refractivity contribution is 5.63. The van der Waals surface area contributed by atoms with E-state index >= 15 is 0 Å². The Morgan fingerprint density at radius 2 is 1.92 bits per heavy atom. The second kappa shape index (κ2) is 3.09. The third-order valence-corrected chi connectivity index (χ3v) is 2.12. The van der Waals surface area contributed by atoms with E-state index in [9.17, 15) is 0 Å². The maximum absolute atomic E-state index is 7.39. The van der Waals surface area contributed by atoms with Crippen molar-refractivity contribution in [2.75, 3.05) is 0 Å². The summed E-state index contributed by atoms with van der Waals surface area (Å²) in [6.07, 6.45) is 1.68. The van der Waals surface area contributed by atoms with Crippen LogP contribution in [0.3, 0.4) is 0 Å². The van der Waals surface area contributed by atoms with Crippen LogP contribution in [0.2, 0.25) is 0 Å². The molecular weight excluding hydrogens is 158 g/mol. The van der Waals surface area contributed by atoms with Crippen molar-refractivity contribution >= 4 is 0 Å². The van der Waals surface area contributed by atoms with Crippen molar-refractivity contribution in [1.82, 2.24) is 4.57 Å². The minimum atomic E-state index is -2.10. The second-order valence-electron chi connectivity index (χ2n) is 3.11. The van der Waals surface area contributed by atoms with Crippen molar-refractivity contribution in [3.63, 3.8) is 0 Å². The zero-order valence-electron chi connectivity index (χ0n) is 10.5. The van der Waals surface area contributed by atoms with E-state index in [0.29, 0.717) is 0 Å². The van der Waals surface area contributed by atoms with Crippen molar-refractivity contribution in [2.45, 2.75) is 6.92 Å². The smallest absolute Gasteiger partial charge is 0.0460 e. The fourth-order valence-corrected chi connectivity index (χ4v) is 1.36. The molecule has 1 heterocycles. The first-order valence-corrected chi connectivity index (χ1v) is 4.23. The lowest BCUT2D eigenvalue weighted by Crippen LogP contribution is -1.85. The quantitative estimate of drug-likeness (QED) is 0.626. The first kappa shape index (κ1) is 5.28. The predicted molar refractivity (Wildman–Crippen MR) is 55.6 cm³/mol. The normalized spacial score (nSPS) is 14.7. The van der Waals surface area contributed by atoms with Gasteiger partial charge in [0, 0.05) is 23.0 Å². The minimum Gasteiger partial charge on any atom is -0.354 e. The zero-order valence-corrected chi connectivity index (χ0v) is 7.49. The molecule has 2 aromatic rings. The molecule has 0 unspecified atom stereocenters. The molecule has 0 aliphatic heterocycles. The zero-order chi connectivity index (χ0) is 11.8. The molecule has 1 aromatic carbocycles. The average molecular weight is 174 g/mol. The van der Waals surface area contributed by atoms with E-state index in [4.69, 9.17) is 4.11 Å². The summed E-state index contributed by atoms with van der Waals surface area (Å²) < 4.78 is 23.5. The van der Waals surface area contributed by atoms with Crippen LogP contribution >= 0.6 is 0 Å². The van der Waals surface area contributed by atoms with Crippen molar-refractivity contribution in [2.24, 2.45) is 6.98 Å². The number of hydrogen-bond acceptors (Lipinski definition) is 0. The number of rotatable bonds is 1. The third-order valence-electron chi connectivity index (χ3n) is 2.12. The summed E-state index contributed by atoms with van der Waals surface area (Å²) >= 11 is 0. The predicted octanol–water partition coefficient (Wildman–Crippen LogP) is 3.00. The largest absolute Gasteiger partial charge is 0.354 e. The van der Waals surface area contributed by atoms with E-state index in [1.807, 2.05) is 36.4 Å². The van der Waals surface area contributed by atoms with Gasteiger partial charge in [-0.15, -0.1) is 0 Å². The first-order valence-electron chi connectivity index (χ1n) is 5.73. The summed E-state index contributed by atoms with van der Waals surface area (Å²) in [5.74, 6) is 0. The number of aryl methyl sites for hydroxylation is 2. The Bertz CT molecular complexity index is 483. The monoisotopic (exact) mass is 174 g/mol. The molecule has 0 spiro atoms. The molecule has 0 saturated carbocycles. The lowest BCUT2D eigenvalue weighted by atomic mass is 10.1. The molecule has 0 N–H and O–H groups in total. The van der Waals surface area contributed by atoms with Crippen LogP contribution in [-0.4, -0.2) is 4.57 Å². The standard InChI is InChI=1S/C12H13N/c1-10-8-12(9-13(10)2)11-6-4-3-5-7-11/h3-9H,1-2H3/i2D3. The summed E-state index contributed by atoms with van der Waals surface area (Å²) in [4.78, 5) is 0. The maximum atomic E-state index is 7.39. The molecule has 0 aliphatic rings. The van der Waals surface area contributed by atoms with Gasteiger partial charge >= 0.3 is 0 Å². The molecular formula is C12H13N. The van der Waals surface area contributed by atoms with Gasteiger partial charge in [0.2, 0.25) is 0 Å². The van der Waals surface area contributed by atoms with E-state index in [1.54, 1.807) is 13.1 Å². The van der Waals surface area contributed by atoms with Crippen LogP contribution in [0.5, 0.6) is 0 Å². The molecule has 1 aromatic heterocycles. The van der Waals surface area contributed by atoms with Gasteiger partial charge in [-0.05, 0) is 24.1 Å². The van der Waals surface area contributed by atoms with Gasteiger partial charge in [0.05, 0.1) is 0 Å². The van der Waals surface area contributed by atoms with Crippen LogP contribution in [0.4, 0.5) is 0 Å². The molecule has 0 atom stereocenters. The van der Waals surface area contributed by atoms with Gasteiger partial charge in [-0.2, -0.15) is 0 Å². The molecule has 1 nitrogen and oxygen atoms in total. The fourth-order valence-electron chi connectivity index (χ4n) is 1.36. The van der Waals surface area contributed by atoms with E-state index in [-0.39, 0.29) is 0 Å². The highest BCUT2D eigenvalue weighted by Gasteiger charge is 1.99. The Hall–Kier alpha value is -1.50. The molecule has 0 fully saturated rings. The molecule has 0 amide bonds. The van der Waals surface area contributed by atoms with E-state index in [2.05, 4.69) is 0 Å². The summed E-state index contributed by atoms with van der Waals surface area (Å²) in [5.41, 5.74) is 2.72. The van der Waals surface area contributed by atoms with E-state index in [0.717, 1.165) is 16.8 Å². The lowest BCUT2D eigenvalue weighted by Gasteiger charge is -1.94. The highest BCUT2D eigenvalue weighted by Crippen LogP contribution is 2.20. The molecule has 0 saturated heterocycles. The minimum absolute atomic E-state index is 0.749. The van der Waals surface area contributed by atoms with Gasteiger partial charge in [0.25, 0.3) is 0 Å². The van der Waals surface area contributed by atoms with E-state index in [1.165, 1.54) is 4.57 Å². The Balaban J connectivity index is 2.47. The number of hydrogen-bond donors (Lipinski definition) is 0. The Kier molecular flexibility index (Phi) is 1.26. The van der Waals surface area contributed by atoms with Gasteiger partial charge in [-0.3, -0.25) is 0 Å². The van der Waals surface area contributed by atoms with Crippen LogP contribution in [0.15, 0.2) is 42.6 Å². The number of nitrogens with zero attached hydrogens (tertiary/aromatic N) is 1. The van der Waals surface area contributed by atoms with Crippen LogP contribution in [-0.2, 0) is 6.98 Å². The molecule has 1 heteroatoms. The van der Waals surface area contributed by atoms with E-state index < -0.39 is 6.98 Å². The van der Waals surface area contributed by atoms with Crippen LogP contribution in [0.25, 0.3) is 11.1 Å². The van der Waals surface area contributed by atoms with Crippen LogP contribution in [0, 0.1) is 6.92 Å². The summed E-state index contributed by atoms with van der Waals surface area (Å²) in [5, 5.41) is 0. The average Bonchev–Trinajstić information content (AvgIpc) is 2.61. The highest BCUT2D eigenvalue weighted by atomic mass is 14.9. The Labute approximate surface area is 82.9 Å². The Morgan fingerprint density at radius 1 is 1.15 bits per heavy atom. The van der Waals surface area contributed by atoms with Gasteiger partial charge in [-0.25, -0.2) is 0 Å². The fraction of sp³-hybridized carbons (Fsp3) is 0.167. The van der Waals surface area contributed by atoms with Crippen molar-refractivity contribution in [3.8, 4) is 11.1 Å². The summed E-state index contributed by atoms with van der Waals surface area (Å²) in [7, 11) is 0. The van der Waals surface area contributed by atoms with Gasteiger partial charge in [-0.1, -0.05) is 30.3 Å². The molecule has 13 heavy (non-hydrogen) atoms. The topological polar surface area (TPSA) is 4.93 Å². The SMILES string of the molecule is [2H]C([2H])([2H])n1cc(-c2ccccc2)cc1C. The van der Waals surface area contributed by atoms with Crippen molar-refractivity contribution < 1.29 is 4.11 Å². The molecule has 2 rings (SSSR count). The molecule has 66 valence electrons. The van der Waals surface area contributed by atoms with Gasteiger partial charge in [0.1, 0.15) is 0 Å². The van der Waals surface area contributed by atoms with Gasteiger partial charge < -0.3 is 4.57 Å². The van der Waals surface area contributed by atoms with Gasteiger partial charge in [0.15, 0.2) is 0 Å². The van der Waals surface area contributed by atoms with Crippen molar-refractivity contribution in [1.29, 1.82) is 0 Å². The summed E-state index contributed by atoms with van der Waals surface area (Å²) in [6, 6.07) is 11.7. The van der Waals surface area contributed by atoms with Crippen LogP contribution < -0.4 is 0 Å².